The summed E-state index contributed by atoms with van der Waals surface area (Å²) in [5.41, 5.74) is 8.59. The number of carbonyl (C=O) groups excluding carboxylic acids is 1. The molecule has 0 saturated carbocycles. The van der Waals surface area contributed by atoms with Crippen LogP contribution >= 0.6 is 0 Å². The number of hydrogen-bond acceptors (Lipinski definition) is 4. The number of rotatable bonds is 4. The van der Waals surface area contributed by atoms with Crippen LogP contribution in [0.3, 0.4) is 0 Å². The largest absolute Gasteiger partial charge is 0.338 e. The fourth-order valence-corrected chi connectivity index (χ4v) is 4.21. The van der Waals surface area contributed by atoms with Crippen LogP contribution in [0, 0.1) is 5.82 Å². The van der Waals surface area contributed by atoms with Gasteiger partial charge >= 0.3 is 0 Å². The van der Waals surface area contributed by atoms with Crippen LogP contribution in [0.5, 0.6) is 0 Å². The minimum absolute atomic E-state index is 0.0697. The summed E-state index contributed by atoms with van der Waals surface area (Å²) >= 11 is 0. The minimum atomic E-state index is -0.298. The molecule has 2 N–H and O–H groups in total. The average molecular weight is 354 g/mol. The molecule has 3 unspecified atom stereocenters. The third kappa shape index (κ3) is 3.48. The normalized spacial score (nSPS) is 25.6. The molecule has 2 saturated heterocycles. The first-order valence-corrected chi connectivity index (χ1v) is 9.14. The van der Waals surface area contributed by atoms with Crippen LogP contribution in [-0.4, -0.2) is 41.0 Å². The predicted octanol–water partition coefficient (Wildman–Crippen LogP) is 2.01. The molecule has 0 radical (unpaired) electrons. The quantitative estimate of drug-likeness (QED) is 0.882. The first-order valence-electron chi connectivity index (χ1n) is 9.14. The molecule has 0 spiro atoms. The van der Waals surface area contributed by atoms with Gasteiger partial charge < -0.3 is 4.90 Å². The van der Waals surface area contributed by atoms with E-state index in [2.05, 4.69) is 15.8 Å². The topological polar surface area (TPSA) is 57.3 Å². The van der Waals surface area contributed by atoms with Crippen molar-refractivity contribution < 1.29 is 9.18 Å². The summed E-state index contributed by atoms with van der Waals surface area (Å²) in [5.74, 6) is 0.0681. The molecule has 3 atom stereocenters. The number of amides is 1. The summed E-state index contributed by atoms with van der Waals surface area (Å²) in [5, 5.41) is 0. The Hall–Kier alpha value is -2.31. The first kappa shape index (κ1) is 17.1. The van der Waals surface area contributed by atoms with Crippen molar-refractivity contribution in [3.8, 4) is 0 Å². The number of carbonyl (C=O) groups is 1. The molecule has 136 valence electrons. The Morgan fingerprint density at radius 2 is 2.12 bits per heavy atom. The van der Waals surface area contributed by atoms with Crippen molar-refractivity contribution in [3.05, 3.63) is 65.7 Å². The molecule has 5 nitrogen and oxygen atoms in total. The standard InChI is InChI=1S/C20H23FN4O/c21-16-4-1-3-14(11-16)12-19(26)25-10-2-5-18(25)20-17(13-23-24-20)15-6-8-22-9-7-15/h1,3-4,6-9,11,17-18,20,23-24H,2,5,10,12-13H2. The van der Waals surface area contributed by atoms with E-state index in [4.69, 9.17) is 0 Å². The van der Waals surface area contributed by atoms with Gasteiger partial charge in [0.2, 0.25) is 5.91 Å². The molecule has 2 fully saturated rings. The number of likely N-dealkylation sites (tertiary alicyclic amines) is 1. The molecule has 2 aliphatic heterocycles. The van der Waals surface area contributed by atoms with Gasteiger partial charge in [0.25, 0.3) is 0 Å². The van der Waals surface area contributed by atoms with E-state index in [1.54, 1.807) is 12.1 Å². The van der Waals surface area contributed by atoms with E-state index in [9.17, 15) is 9.18 Å². The van der Waals surface area contributed by atoms with Gasteiger partial charge in [-0.1, -0.05) is 12.1 Å². The lowest BCUT2D eigenvalue weighted by Crippen LogP contribution is -2.50. The molecule has 2 aliphatic rings. The third-order valence-electron chi connectivity index (χ3n) is 5.44. The molecule has 1 aromatic heterocycles. The van der Waals surface area contributed by atoms with Gasteiger partial charge in [0.05, 0.1) is 6.42 Å². The van der Waals surface area contributed by atoms with Crippen LogP contribution in [0.2, 0.25) is 0 Å². The molecule has 1 aromatic carbocycles. The molecule has 4 rings (SSSR count). The lowest BCUT2D eigenvalue weighted by atomic mass is 9.88. The van der Waals surface area contributed by atoms with Gasteiger partial charge in [0, 0.05) is 43.5 Å². The Kier molecular flexibility index (Phi) is 4.95. The number of nitrogens with zero attached hydrogens (tertiary/aromatic N) is 2. The Bertz CT molecular complexity index is 769. The van der Waals surface area contributed by atoms with E-state index in [0.717, 1.165) is 31.5 Å². The van der Waals surface area contributed by atoms with Gasteiger partial charge in [-0.05, 0) is 48.2 Å². The van der Waals surface area contributed by atoms with Crippen LogP contribution in [0.1, 0.15) is 29.9 Å². The number of nitrogens with one attached hydrogen (secondary N) is 2. The number of benzene rings is 1. The van der Waals surface area contributed by atoms with Gasteiger partial charge in [-0.2, -0.15) is 0 Å². The second-order valence-corrected chi connectivity index (χ2v) is 7.04. The first-order chi connectivity index (χ1) is 12.7. The fraction of sp³-hybridized carbons (Fsp3) is 0.400. The molecule has 0 aliphatic carbocycles. The number of hydrazine groups is 1. The van der Waals surface area contributed by atoms with Crippen molar-refractivity contribution in [1.82, 2.24) is 20.7 Å². The molecule has 1 amide bonds. The minimum Gasteiger partial charge on any atom is -0.338 e. The highest BCUT2D eigenvalue weighted by atomic mass is 19.1. The smallest absolute Gasteiger partial charge is 0.227 e. The van der Waals surface area contributed by atoms with Crippen molar-refractivity contribution in [3.63, 3.8) is 0 Å². The molecular weight excluding hydrogens is 331 g/mol. The van der Waals surface area contributed by atoms with Gasteiger partial charge in [0.1, 0.15) is 5.82 Å². The highest BCUT2D eigenvalue weighted by Crippen LogP contribution is 2.31. The van der Waals surface area contributed by atoms with Crippen molar-refractivity contribution >= 4 is 5.91 Å². The summed E-state index contributed by atoms with van der Waals surface area (Å²) in [7, 11) is 0. The highest BCUT2D eigenvalue weighted by Gasteiger charge is 2.41. The Morgan fingerprint density at radius 1 is 1.27 bits per heavy atom. The van der Waals surface area contributed by atoms with E-state index < -0.39 is 0 Å². The second kappa shape index (κ2) is 7.51. The zero-order valence-corrected chi connectivity index (χ0v) is 14.6. The van der Waals surface area contributed by atoms with Crippen LogP contribution in [0.4, 0.5) is 4.39 Å². The summed E-state index contributed by atoms with van der Waals surface area (Å²) < 4.78 is 13.4. The van der Waals surface area contributed by atoms with Crippen LogP contribution in [0.25, 0.3) is 0 Å². The van der Waals surface area contributed by atoms with Crippen molar-refractivity contribution in [2.24, 2.45) is 0 Å². The molecular formula is C20H23FN4O. The summed E-state index contributed by atoms with van der Waals surface area (Å²) in [6.07, 6.45) is 5.85. The third-order valence-corrected chi connectivity index (χ3v) is 5.44. The summed E-state index contributed by atoms with van der Waals surface area (Å²) in [6.45, 7) is 1.59. The van der Waals surface area contributed by atoms with Crippen molar-refractivity contribution in [2.75, 3.05) is 13.1 Å². The zero-order valence-electron chi connectivity index (χ0n) is 14.6. The maximum atomic E-state index is 13.4. The predicted molar refractivity (Wildman–Crippen MR) is 96.7 cm³/mol. The van der Waals surface area contributed by atoms with E-state index in [-0.39, 0.29) is 30.2 Å². The van der Waals surface area contributed by atoms with Gasteiger partial charge in [-0.3, -0.25) is 20.6 Å². The molecule has 6 heteroatoms. The van der Waals surface area contributed by atoms with E-state index >= 15 is 0 Å². The van der Waals surface area contributed by atoms with Crippen LogP contribution < -0.4 is 10.9 Å². The number of hydrogen-bond donors (Lipinski definition) is 2. The zero-order chi connectivity index (χ0) is 17.9. The Morgan fingerprint density at radius 3 is 2.92 bits per heavy atom. The molecule has 2 aromatic rings. The van der Waals surface area contributed by atoms with Gasteiger partial charge in [0.15, 0.2) is 0 Å². The van der Waals surface area contributed by atoms with E-state index in [0.29, 0.717) is 5.92 Å². The van der Waals surface area contributed by atoms with Gasteiger partial charge in [-0.25, -0.2) is 4.39 Å². The lowest BCUT2D eigenvalue weighted by molar-refractivity contribution is -0.131. The average Bonchev–Trinajstić information content (AvgIpc) is 3.31. The van der Waals surface area contributed by atoms with E-state index in [1.807, 2.05) is 29.4 Å². The maximum Gasteiger partial charge on any atom is 0.227 e. The second-order valence-electron chi connectivity index (χ2n) is 7.04. The summed E-state index contributed by atoms with van der Waals surface area (Å²) in [6, 6.07) is 10.7. The molecule has 0 bridgehead atoms. The number of halogens is 1. The van der Waals surface area contributed by atoms with Crippen molar-refractivity contribution in [1.29, 1.82) is 0 Å². The SMILES string of the molecule is O=C(Cc1cccc(F)c1)N1CCCC1C1NNCC1c1ccncc1. The maximum absolute atomic E-state index is 13.4. The lowest BCUT2D eigenvalue weighted by Gasteiger charge is -2.32. The monoisotopic (exact) mass is 354 g/mol. The van der Waals surface area contributed by atoms with Gasteiger partial charge in [-0.15, -0.1) is 0 Å². The molecule has 26 heavy (non-hydrogen) atoms. The fourth-order valence-electron chi connectivity index (χ4n) is 4.21. The Labute approximate surface area is 152 Å². The number of aromatic nitrogens is 1. The number of pyridine rings is 1. The van der Waals surface area contributed by atoms with Crippen molar-refractivity contribution in [2.45, 2.75) is 37.3 Å². The Balaban J connectivity index is 1.50. The van der Waals surface area contributed by atoms with Crippen LogP contribution in [0.15, 0.2) is 48.8 Å². The molecule has 3 heterocycles. The van der Waals surface area contributed by atoms with E-state index in [1.165, 1.54) is 17.7 Å². The van der Waals surface area contributed by atoms with Crippen LogP contribution in [-0.2, 0) is 11.2 Å². The summed E-state index contributed by atoms with van der Waals surface area (Å²) in [4.78, 5) is 19.0. The highest BCUT2D eigenvalue weighted by molar-refractivity contribution is 5.79.